The van der Waals surface area contributed by atoms with E-state index in [-0.39, 0.29) is 16.9 Å². The van der Waals surface area contributed by atoms with Crippen LogP contribution >= 0.6 is 11.6 Å². The van der Waals surface area contributed by atoms with Crippen LogP contribution in [0.15, 0.2) is 24.3 Å². The number of aromatic nitrogens is 1. The summed E-state index contributed by atoms with van der Waals surface area (Å²) in [7, 11) is 1.37. The van der Waals surface area contributed by atoms with Gasteiger partial charge in [0.15, 0.2) is 0 Å². The Labute approximate surface area is 90.3 Å². The molecule has 3 nitrogen and oxygen atoms in total. The van der Waals surface area contributed by atoms with Gasteiger partial charge in [0.1, 0.15) is 11.0 Å². The van der Waals surface area contributed by atoms with Crippen molar-refractivity contribution in [1.82, 2.24) is 4.98 Å². The molecular formula is C10H7ClFNO2. The minimum Gasteiger partial charge on any atom is -0.317 e. The van der Waals surface area contributed by atoms with Gasteiger partial charge in [0.2, 0.25) is 0 Å². The van der Waals surface area contributed by atoms with Crippen molar-refractivity contribution in [2.75, 3.05) is 7.11 Å². The maximum Gasteiger partial charge on any atom is 0.258 e. The Bertz CT molecular complexity index is 504. The van der Waals surface area contributed by atoms with Crippen molar-refractivity contribution in [2.24, 2.45) is 0 Å². The maximum absolute atomic E-state index is 12.9. The van der Waals surface area contributed by atoms with Gasteiger partial charge in [-0.1, -0.05) is 17.7 Å². The van der Waals surface area contributed by atoms with Gasteiger partial charge in [0.25, 0.3) is 5.88 Å². The van der Waals surface area contributed by atoms with E-state index in [1.54, 1.807) is 12.1 Å². The van der Waals surface area contributed by atoms with E-state index in [4.69, 9.17) is 16.5 Å². The molecule has 1 heterocycles. The Morgan fingerprint density at radius 1 is 1.33 bits per heavy atom. The van der Waals surface area contributed by atoms with E-state index in [1.807, 2.05) is 0 Å². The fourth-order valence-corrected chi connectivity index (χ4v) is 1.53. The van der Waals surface area contributed by atoms with E-state index in [9.17, 15) is 4.39 Å². The van der Waals surface area contributed by atoms with Crippen LogP contribution in [0.25, 0.3) is 10.8 Å². The number of nitrogens with zero attached hydrogens (tertiary/aromatic N) is 1. The normalized spacial score (nSPS) is 10.6. The van der Waals surface area contributed by atoms with Crippen LogP contribution in [0.2, 0.25) is 5.15 Å². The number of hydrogen-bond donors (Lipinski definition) is 0. The molecule has 0 N–H and O–H groups in total. The lowest BCUT2D eigenvalue weighted by atomic mass is 10.2. The molecule has 0 radical (unpaired) electrons. The molecule has 0 aliphatic heterocycles. The number of rotatable bonds is 2. The second kappa shape index (κ2) is 4.00. The third-order valence-corrected chi connectivity index (χ3v) is 2.18. The highest BCUT2D eigenvalue weighted by Gasteiger charge is 2.06. The molecule has 0 saturated heterocycles. The summed E-state index contributed by atoms with van der Waals surface area (Å²) in [5.41, 5.74) is 0. The van der Waals surface area contributed by atoms with Crippen LogP contribution in [0, 0.1) is 5.82 Å². The monoisotopic (exact) mass is 227 g/mol. The molecule has 0 spiro atoms. The van der Waals surface area contributed by atoms with E-state index in [0.29, 0.717) is 5.39 Å². The van der Waals surface area contributed by atoms with Crippen LogP contribution < -0.4 is 4.89 Å². The van der Waals surface area contributed by atoms with E-state index >= 15 is 0 Å². The summed E-state index contributed by atoms with van der Waals surface area (Å²) in [4.78, 5) is 13.1. The number of halogens is 2. The topological polar surface area (TPSA) is 31.4 Å². The first kappa shape index (κ1) is 10.1. The quantitative estimate of drug-likeness (QED) is 0.449. The van der Waals surface area contributed by atoms with Crippen LogP contribution in [-0.4, -0.2) is 12.1 Å². The van der Waals surface area contributed by atoms with Gasteiger partial charge in [-0.15, -0.1) is 0 Å². The summed E-state index contributed by atoms with van der Waals surface area (Å²) in [6.07, 6.45) is 0. The minimum atomic E-state index is -0.355. The molecule has 0 amide bonds. The lowest BCUT2D eigenvalue weighted by Gasteiger charge is -2.04. The fourth-order valence-electron chi connectivity index (χ4n) is 1.28. The predicted molar refractivity (Wildman–Crippen MR) is 54.3 cm³/mol. The molecule has 2 aromatic rings. The van der Waals surface area contributed by atoms with Crippen molar-refractivity contribution in [3.8, 4) is 5.88 Å². The Morgan fingerprint density at radius 3 is 2.87 bits per heavy atom. The third-order valence-electron chi connectivity index (χ3n) is 1.89. The Balaban J connectivity index is 2.62. The van der Waals surface area contributed by atoms with Crippen LogP contribution in [0.4, 0.5) is 4.39 Å². The molecule has 0 aliphatic rings. The molecule has 1 aromatic heterocycles. The Hall–Kier alpha value is -1.39. The van der Waals surface area contributed by atoms with E-state index in [2.05, 4.69) is 9.87 Å². The SMILES string of the molecule is COOc1cc2ccc(F)cc2c(Cl)n1. The van der Waals surface area contributed by atoms with E-state index in [0.717, 1.165) is 5.39 Å². The first-order valence-electron chi connectivity index (χ1n) is 4.17. The average molecular weight is 228 g/mol. The van der Waals surface area contributed by atoms with Gasteiger partial charge in [-0.05, 0) is 17.5 Å². The van der Waals surface area contributed by atoms with Gasteiger partial charge >= 0.3 is 0 Å². The molecule has 0 unspecified atom stereocenters. The third kappa shape index (κ3) is 2.00. The maximum atomic E-state index is 12.9. The first-order valence-corrected chi connectivity index (χ1v) is 4.55. The molecule has 15 heavy (non-hydrogen) atoms. The summed E-state index contributed by atoms with van der Waals surface area (Å²) in [5, 5.41) is 1.46. The van der Waals surface area contributed by atoms with Crippen LogP contribution in [-0.2, 0) is 4.89 Å². The van der Waals surface area contributed by atoms with E-state index in [1.165, 1.54) is 19.2 Å². The van der Waals surface area contributed by atoms with Gasteiger partial charge in [-0.3, -0.25) is 0 Å². The molecule has 0 bridgehead atoms. The molecule has 0 aliphatic carbocycles. The van der Waals surface area contributed by atoms with Crippen molar-refractivity contribution in [3.05, 3.63) is 35.2 Å². The summed E-state index contributed by atoms with van der Waals surface area (Å²) < 4.78 is 12.9. The molecule has 0 atom stereocenters. The standard InChI is InChI=1S/C10H7ClFNO2/c1-14-15-9-4-6-2-3-7(12)5-8(6)10(11)13-9/h2-5H,1H3. The minimum absolute atomic E-state index is 0.180. The van der Waals surface area contributed by atoms with Gasteiger partial charge in [0.05, 0.1) is 7.11 Å². The average Bonchev–Trinajstić information content (AvgIpc) is 2.20. The summed E-state index contributed by atoms with van der Waals surface area (Å²) in [6.45, 7) is 0. The first-order chi connectivity index (χ1) is 7.20. The molecule has 0 fully saturated rings. The Morgan fingerprint density at radius 2 is 2.13 bits per heavy atom. The smallest absolute Gasteiger partial charge is 0.258 e. The second-order valence-electron chi connectivity index (χ2n) is 2.87. The number of hydrogen-bond acceptors (Lipinski definition) is 3. The van der Waals surface area contributed by atoms with Crippen molar-refractivity contribution in [1.29, 1.82) is 0 Å². The molecule has 2 rings (SSSR count). The van der Waals surface area contributed by atoms with Crippen LogP contribution in [0.1, 0.15) is 0 Å². The zero-order valence-electron chi connectivity index (χ0n) is 7.83. The van der Waals surface area contributed by atoms with Crippen molar-refractivity contribution in [2.45, 2.75) is 0 Å². The Kier molecular flexibility index (Phi) is 2.70. The highest BCUT2D eigenvalue weighted by atomic mass is 35.5. The van der Waals surface area contributed by atoms with Crippen molar-refractivity contribution < 1.29 is 14.2 Å². The summed E-state index contributed by atoms with van der Waals surface area (Å²) >= 11 is 5.86. The molecule has 0 saturated carbocycles. The zero-order chi connectivity index (χ0) is 10.8. The molecule has 78 valence electrons. The zero-order valence-corrected chi connectivity index (χ0v) is 8.58. The van der Waals surface area contributed by atoms with Crippen molar-refractivity contribution >= 4 is 22.4 Å². The second-order valence-corrected chi connectivity index (χ2v) is 3.22. The molecule has 1 aromatic carbocycles. The number of pyridine rings is 1. The highest BCUT2D eigenvalue weighted by Crippen LogP contribution is 2.26. The largest absolute Gasteiger partial charge is 0.317 e. The fraction of sp³-hybridized carbons (Fsp3) is 0.100. The summed E-state index contributed by atoms with van der Waals surface area (Å²) in [6, 6.07) is 5.88. The lowest BCUT2D eigenvalue weighted by Crippen LogP contribution is -1.94. The number of benzene rings is 1. The van der Waals surface area contributed by atoms with Gasteiger partial charge < -0.3 is 4.89 Å². The molecule has 5 heteroatoms. The molecular weight excluding hydrogens is 221 g/mol. The highest BCUT2D eigenvalue weighted by molar-refractivity contribution is 6.34. The predicted octanol–water partition coefficient (Wildman–Crippen LogP) is 2.97. The number of fused-ring (bicyclic) bond motifs is 1. The van der Waals surface area contributed by atoms with Crippen molar-refractivity contribution in [3.63, 3.8) is 0 Å². The van der Waals surface area contributed by atoms with Crippen LogP contribution in [0.3, 0.4) is 0 Å². The van der Waals surface area contributed by atoms with Gasteiger partial charge in [-0.2, -0.15) is 9.87 Å². The summed E-state index contributed by atoms with van der Waals surface area (Å²) in [5.74, 6) is -0.117. The van der Waals surface area contributed by atoms with E-state index < -0.39 is 0 Å². The lowest BCUT2D eigenvalue weighted by molar-refractivity contribution is -0.181. The van der Waals surface area contributed by atoms with Gasteiger partial charge in [-0.25, -0.2) is 4.39 Å². The van der Waals surface area contributed by atoms with Gasteiger partial charge in [0, 0.05) is 11.5 Å². The van der Waals surface area contributed by atoms with Crippen LogP contribution in [0.5, 0.6) is 5.88 Å².